The highest BCUT2D eigenvalue weighted by Gasteiger charge is 2.27. The Kier molecular flexibility index (Phi) is 5.41. The van der Waals surface area contributed by atoms with Crippen LogP contribution in [-0.2, 0) is 9.53 Å². The molecule has 0 spiro atoms. The van der Waals surface area contributed by atoms with E-state index in [0.29, 0.717) is 25.6 Å². The second kappa shape index (κ2) is 7.29. The fourth-order valence-corrected chi connectivity index (χ4v) is 2.31. The van der Waals surface area contributed by atoms with E-state index in [1.54, 1.807) is 0 Å². The lowest BCUT2D eigenvalue weighted by atomic mass is 10.0. The first-order chi connectivity index (χ1) is 9.68. The summed E-state index contributed by atoms with van der Waals surface area (Å²) in [4.78, 5) is 12.1. The molecule has 4 heteroatoms. The molecule has 0 saturated carbocycles. The molecule has 110 valence electrons. The van der Waals surface area contributed by atoms with Gasteiger partial charge in [-0.25, -0.2) is 0 Å². The Bertz CT molecular complexity index is 446. The number of nitrogens with one attached hydrogen (secondary N) is 2. The van der Waals surface area contributed by atoms with E-state index in [-0.39, 0.29) is 11.8 Å². The molecule has 2 N–H and O–H groups in total. The van der Waals surface area contributed by atoms with Crippen LogP contribution in [0.1, 0.15) is 31.7 Å². The zero-order valence-electron chi connectivity index (χ0n) is 12.3. The van der Waals surface area contributed by atoms with E-state index in [2.05, 4.69) is 24.5 Å². The lowest BCUT2D eigenvalue weighted by Crippen LogP contribution is -2.33. The fraction of sp³-hybridized carbons (Fsp3) is 0.562. The number of hydrogen-bond acceptors (Lipinski definition) is 3. The van der Waals surface area contributed by atoms with E-state index in [0.717, 1.165) is 24.3 Å². The Labute approximate surface area is 120 Å². The molecule has 1 aliphatic rings. The van der Waals surface area contributed by atoms with Crippen molar-refractivity contribution in [3.8, 4) is 0 Å². The van der Waals surface area contributed by atoms with Crippen molar-refractivity contribution in [1.29, 1.82) is 0 Å². The van der Waals surface area contributed by atoms with Gasteiger partial charge in [0.1, 0.15) is 0 Å². The van der Waals surface area contributed by atoms with E-state index in [9.17, 15) is 4.79 Å². The molecular weight excluding hydrogens is 252 g/mol. The molecule has 1 unspecified atom stereocenters. The van der Waals surface area contributed by atoms with Crippen molar-refractivity contribution < 1.29 is 9.53 Å². The quantitative estimate of drug-likeness (QED) is 0.752. The highest BCUT2D eigenvalue weighted by Crippen LogP contribution is 2.30. The van der Waals surface area contributed by atoms with Crippen molar-refractivity contribution in [3.63, 3.8) is 0 Å². The lowest BCUT2D eigenvalue weighted by molar-refractivity contribution is -0.122. The van der Waals surface area contributed by atoms with Gasteiger partial charge in [0.15, 0.2) is 0 Å². The molecular formula is C16H24N2O2. The second-order valence-corrected chi connectivity index (χ2v) is 5.61. The Morgan fingerprint density at radius 2 is 2.20 bits per heavy atom. The smallest absolute Gasteiger partial charge is 0.229 e. The minimum atomic E-state index is -0.0816. The molecule has 2 rings (SSSR count). The molecule has 0 radical (unpaired) electrons. The Balaban J connectivity index is 1.69. The number of para-hydroxylation sites is 1. The van der Waals surface area contributed by atoms with Crippen LogP contribution in [0.5, 0.6) is 0 Å². The predicted octanol–water partition coefficient (Wildman–Crippen LogP) is 2.37. The lowest BCUT2D eigenvalue weighted by Gasteiger charge is -2.11. The zero-order chi connectivity index (χ0) is 14.4. The van der Waals surface area contributed by atoms with Crippen molar-refractivity contribution in [2.75, 3.05) is 31.6 Å². The average Bonchev–Trinajstić information content (AvgIpc) is 2.86. The number of fused-ring (bicyclic) bond motifs is 1. The summed E-state index contributed by atoms with van der Waals surface area (Å²) < 4.78 is 5.50. The van der Waals surface area contributed by atoms with Gasteiger partial charge in [-0.3, -0.25) is 4.79 Å². The van der Waals surface area contributed by atoms with Crippen LogP contribution >= 0.6 is 0 Å². The largest absolute Gasteiger partial charge is 0.384 e. The maximum absolute atomic E-state index is 12.1. The molecule has 1 aliphatic heterocycles. The van der Waals surface area contributed by atoms with Crippen LogP contribution in [0.4, 0.5) is 5.69 Å². The van der Waals surface area contributed by atoms with Crippen molar-refractivity contribution >= 4 is 11.6 Å². The first-order valence-corrected chi connectivity index (χ1v) is 7.36. The molecule has 1 amide bonds. The summed E-state index contributed by atoms with van der Waals surface area (Å²) in [6.45, 7) is 6.96. The van der Waals surface area contributed by atoms with Crippen LogP contribution in [0.25, 0.3) is 0 Å². The number of anilines is 1. The molecule has 0 fully saturated rings. The van der Waals surface area contributed by atoms with Crippen LogP contribution in [0.3, 0.4) is 0 Å². The molecule has 0 bridgehead atoms. The Hall–Kier alpha value is -1.55. The van der Waals surface area contributed by atoms with E-state index in [1.165, 1.54) is 0 Å². The second-order valence-electron chi connectivity index (χ2n) is 5.61. The van der Waals surface area contributed by atoms with Gasteiger partial charge < -0.3 is 15.4 Å². The van der Waals surface area contributed by atoms with Gasteiger partial charge in [0.25, 0.3) is 0 Å². The summed E-state index contributed by atoms with van der Waals surface area (Å²) in [6.07, 6.45) is 1.06. The van der Waals surface area contributed by atoms with Crippen LogP contribution in [0.15, 0.2) is 24.3 Å². The fourth-order valence-electron chi connectivity index (χ4n) is 2.31. The van der Waals surface area contributed by atoms with E-state index >= 15 is 0 Å². The van der Waals surface area contributed by atoms with Gasteiger partial charge in [-0.1, -0.05) is 32.0 Å². The highest BCUT2D eigenvalue weighted by atomic mass is 16.5. The van der Waals surface area contributed by atoms with Crippen molar-refractivity contribution in [3.05, 3.63) is 29.8 Å². The molecule has 0 saturated heterocycles. The number of hydrogen-bond donors (Lipinski definition) is 2. The maximum atomic E-state index is 12.1. The van der Waals surface area contributed by atoms with Crippen molar-refractivity contribution in [2.45, 2.75) is 26.2 Å². The molecule has 1 heterocycles. The van der Waals surface area contributed by atoms with Crippen LogP contribution in [-0.4, -0.2) is 32.2 Å². The maximum Gasteiger partial charge on any atom is 0.229 e. The number of carbonyl (C=O) groups excluding carboxylic acids is 1. The number of amides is 1. The third-order valence-corrected chi connectivity index (χ3v) is 3.53. The summed E-state index contributed by atoms with van der Waals surface area (Å²) >= 11 is 0. The van der Waals surface area contributed by atoms with Gasteiger partial charge in [-0.2, -0.15) is 0 Å². The third kappa shape index (κ3) is 3.97. The third-order valence-electron chi connectivity index (χ3n) is 3.53. The van der Waals surface area contributed by atoms with E-state index in [1.807, 2.05) is 24.3 Å². The van der Waals surface area contributed by atoms with Gasteiger partial charge in [-0.05, 0) is 24.0 Å². The van der Waals surface area contributed by atoms with E-state index in [4.69, 9.17) is 4.74 Å². The molecule has 0 aliphatic carbocycles. The van der Waals surface area contributed by atoms with Crippen LogP contribution < -0.4 is 10.6 Å². The van der Waals surface area contributed by atoms with Gasteiger partial charge in [0.05, 0.1) is 12.5 Å². The summed E-state index contributed by atoms with van der Waals surface area (Å²) in [7, 11) is 0. The highest BCUT2D eigenvalue weighted by molar-refractivity contribution is 5.88. The zero-order valence-corrected chi connectivity index (χ0v) is 12.3. The topological polar surface area (TPSA) is 50.4 Å². The predicted molar refractivity (Wildman–Crippen MR) is 81.0 cm³/mol. The average molecular weight is 276 g/mol. The summed E-state index contributed by atoms with van der Waals surface area (Å²) in [6, 6.07) is 7.98. The number of carbonyl (C=O) groups is 1. The summed E-state index contributed by atoms with van der Waals surface area (Å²) in [5.74, 6) is 0.655. The molecule has 1 aromatic rings. The van der Waals surface area contributed by atoms with Crippen LogP contribution in [0, 0.1) is 5.92 Å². The number of ether oxygens (including phenoxy) is 1. The van der Waals surface area contributed by atoms with Crippen molar-refractivity contribution in [1.82, 2.24) is 5.32 Å². The minimum Gasteiger partial charge on any atom is -0.384 e. The monoisotopic (exact) mass is 276 g/mol. The SMILES string of the molecule is CC(C)CCOCCNC(=O)C1CNc2ccccc21. The minimum absolute atomic E-state index is 0.0786. The first kappa shape index (κ1) is 14.9. The molecule has 0 aromatic heterocycles. The number of rotatable bonds is 7. The van der Waals surface area contributed by atoms with Gasteiger partial charge >= 0.3 is 0 Å². The Morgan fingerprint density at radius 1 is 1.40 bits per heavy atom. The van der Waals surface area contributed by atoms with E-state index < -0.39 is 0 Å². The standard InChI is InChI=1S/C16H24N2O2/c1-12(2)7-9-20-10-8-17-16(19)14-11-18-15-6-4-3-5-13(14)15/h3-6,12,14,18H,7-11H2,1-2H3,(H,17,19). The first-order valence-electron chi connectivity index (χ1n) is 7.36. The summed E-state index contributed by atoms with van der Waals surface area (Å²) in [5, 5.41) is 6.21. The molecule has 20 heavy (non-hydrogen) atoms. The van der Waals surface area contributed by atoms with Gasteiger partial charge in [-0.15, -0.1) is 0 Å². The normalized spacial score (nSPS) is 16.9. The molecule has 1 aromatic carbocycles. The van der Waals surface area contributed by atoms with Crippen LogP contribution in [0.2, 0.25) is 0 Å². The van der Waals surface area contributed by atoms with Crippen molar-refractivity contribution in [2.24, 2.45) is 5.92 Å². The van der Waals surface area contributed by atoms with Gasteiger partial charge in [0, 0.05) is 25.4 Å². The molecule has 4 nitrogen and oxygen atoms in total. The Morgan fingerprint density at radius 3 is 3.00 bits per heavy atom. The molecule has 1 atom stereocenters. The van der Waals surface area contributed by atoms with Gasteiger partial charge in [0.2, 0.25) is 5.91 Å². The number of benzene rings is 1. The summed E-state index contributed by atoms with van der Waals surface area (Å²) in [5.41, 5.74) is 2.16.